The predicted octanol–water partition coefficient (Wildman–Crippen LogP) is 3.99. The largest absolute Gasteiger partial charge is 0.494 e. The number of anilines is 5. The van der Waals surface area contributed by atoms with Crippen LogP contribution in [0.15, 0.2) is 67.4 Å². The molecule has 1 atom stereocenters. The zero-order chi connectivity index (χ0) is 26.5. The fourth-order valence-corrected chi connectivity index (χ4v) is 4.75. The van der Waals surface area contributed by atoms with Gasteiger partial charge in [-0.1, -0.05) is 36.9 Å². The lowest BCUT2D eigenvalue weighted by molar-refractivity contribution is -0.111. The molecule has 1 aromatic heterocycles. The molecule has 3 heterocycles. The Kier molecular flexibility index (Phi) is 7.71. The molecular weight excluding hydrogens is 482 g/mol. The maximum absolute atomic E-state index is 12.3. The van der Waals surface area contributed by atoms with E-state index in [2.05, 4.69) is 51.2 Å². The SMILES string of the molecule is C=CC(=O)Nc1cc(Nc2nccc(N3OCCC3c3ccccc3)n2)c(OC)cc1N1CCN(C)CC1. The number of nitrogens with zero attached hydrogens (tertiary/aromatic N) is 5. The zero-order valence-corrected chi connectivity index (χ0v) is 21.8. The Hall–Kier alpha value is -4.15. The maximum Gasteiger partial charge on any atom is 0.247 e. The summed E-state index contributed by atoms with van der Waals surface area (Å²) < 4.78 is 5.74. The van der Waals surface area contributed by atoms with Crippen LogP contribution in [0, 0.1) is 0 Å². The van der Waals surface area contributed by atoms with Crippen LogP contribution in [0.3, 0.4) is 0 Å². The minimum Gasteiger partial charge on any atom is -0.494 e. The molecule has 2 fully saturated rings. The molecule has 3 aromatic rings. The standard InChI is InChI=1S/C28H33N7O3/c1-4-27(36)30-21-18-22(25(37-3)19-24(21)34-15-13-33(2)14-16-34)31-28-29-12-10-26(32-28)35-23(11-17-38-35)20-8-6-5-7-9-20/h4-10,12,18-19,23H,1,11,13-17H2,2-3H3,(H,30,36)(H,29,31,32). The summed E-state index contributed by atoms with van der Waals surface area (Å²) in [7, 11) is 3.73. The highest BCUT2D eigenvalue weighted by Crippen LogP contribution is 2.39. The summed E-state index contributed by atoms with van der Waals surface area (Å²) in [6.45, 7) is 7.75. The van der Waals surface area contributed by atoms with E-state index in [4.69, 9.17) is 14.6 Å². The van der Waals surface area contributed by atoms with Crippen molar-refractivity contribution in [2.75, 3.05) is 67.5 Å². The average molecular weight is 516 g/mol. The molecule has 0 spiro atoms. The molecule has 2 aliphatic heterocycles. The molecule has 0 aliphatic carbocycles. The maximum atomic E-state index is 12.3. The van der Waals surface area contributed by atoms with Crippen LogP contribution in [0.5, 0.6) is 5.75 Å². The van der Waals surface area contributed by atoms with Crippen LogP contribution in [0.4, 0.5) is 28.8 Å². The lowest BCUT2D eigenvalue weighted by Gasteiger charge is -2.35. The van der Waals surface area contributed by atoms with Crippen molar-refractivity contribution in [3.05, 3.63) is 72.9 Å². The van der Waals surface area contributed by atoms with Gasteiger partial charge in [0.15, 0.2) is 5.82 Å². The lowest BCUT2D eigenvalue weighted by Crippen LogP contribution is -2.44. The Bertz CT molecular complexity index is 1280. The minimum atomic E-state index is -0.284. The van der Waals surface area contributed by atoms with Gasteiger partial charge < -0.3 is 25.2 Å². The van der Waals surface area contributed by atoms with Gasteiger partial charge in [0.25, 0.3) is 0 Å². The Morgan fingerprint density at radius 2 is 1.92 bits per heavy atom. The van der Waals surface area contributed by atoms with Gasteiger partial charge in [-0.05, 0) is 24.8 Å². The quantitative estimate of drug-likeness (QED) is 0.432. The highest BCUT2D eigenvalue weighted by molar-refractivity contribution is 6.02. The molecule has 10 nitrogen and oxygen atoms in total. The molecule has 2 N–H and O–H groups in total. The third kappa shape index (κ3) is 5.56. The molecule has 10 heteroatoms. The molecule has 0 saturated carbocycles. The summed E-state index contributed by atoms with van der Waals surface area (Å²) in [4.78, 5) is 31.9. The second-order valence-corrected chi connectivity index (χ2v) is 9.29. The number of hydrogen-bond acceptors (Lipinski definition) is 9. The Morgan fingerprint density at radius 1 is 1.13 bits per heavy atom. The molecule has 1 unspecified atom stereocenters. The number of hydroxylamine groups is 1. The lowest BCUT2D eigenvalue weighted by atomic mass is 10.0. The highest BCUT2D eigenvalue weighted by Gasteiger charge is 2.29. The molecule has 38 heavy (non-hydrogen) atoms. The van der Waals surface area contributed by atoms with E-state index in [0.29, 0.717) is 35.5 Å². The Morgan fingerprint density at radius 3 is 2.66 bits per heavy atom. The number of nitrogens with one attached hydrogen (secondary N) is 2. The van der Waals surface area contributed by atoms with Crippen molar-refractivity contribution in [2.45, 2.75) is 12.5 Å². The number of carbonyl (C=O) groups is 1. The fourth-order valence-electron chi connectivity index (χ4n) is 4.75. The number of ether oxygens (including phenoxy) is 1. The van der Waals surface area contributed by atoms with E-state index >= 15 is 0 Å². The molecule has 0 radical (unpaired) electrons. The van der Waals surface area contributed by atoms with Crippen LogP contribution in [0.1, 0.15) is 18.0 Å². The number of benzene rings is 2. The van der Waals surface area contributed by atoms with Gasteiger partial charge in [-0.3, -0.25) is 9.63 Å². The second-order valence-electron chi connectivity index (χ2n) is 9.29. The van der Waals surface area contributed by atoms with Crippen molar-refractivity contribution in [1.82, 2.24) is 14.9 Å². The second kappa shape index (κ2) is 11.5. The number of piperazine rings is 1. The first-order valence-electron chi connectivity index (χ1n) is 12.7. The van der Waals surface area contributed by atoms with Crippen LogP contribution in [-0.2, 0) is 9.63 Å². The van der Waals surface area contributed by atoms with E-state index in [1.165, 1.54) is 11.6 Å². The molecule has 2 saturated heterocycles. The summed E-state index contributed by atoms with van der Waals surface area (Å²) in [6, 6.07) is 15.9. The third-order valence-corrected chi connectivity index (χ3v) is 6.81. The molecule has 2 aliphatic rings. The zero-order valence-electron chi connectivity index (χ0n) is 21.8. The van der Waals surface area contributed by atoms with Crippen molar-refractivity contribution < 1.29 is 14.4 Å². The van der Waals surface area contributed by atoms with Crippen molar-refractivity contribution in [3.8, 4) is 5.75 Å². The minimum absolute atomic E-state index is 0.0667. The van der Waals surface area contributed by atoms with Gasteiger partial charge in [-0.15, -0.1) is 0 Å². The van der Waals surface area contributed by atoms with Gasteiger partial charge in [0.2, 0.25) is 11.9 Å². The molecule has 1 amide bonds. The summed E-state index contributed by atoms with van der Waals surface area (Å²) in [5.74, 6) is 1.37. The summed E-state index contributed by atoms with van der Waals surface area (Å²) in [5.41, 5.74) is 3.35. The van der Waals surface area contributed by atoms with Crippen molar-refractivity contribution in [3.63, 3.8) is 0 Å². The van der Waals surface area contributed by atoms with E-state index in [9.17, 15) is 4.79 Å². The van der Waals surface area contributed by atoms with Crippen molar-refractivity contribution in [1.29, 1.82) is 0 Å². The third-order valence-electron chi connectivity index (χ3n) is 6.81. The van der Waals surface area contributed by atoms with Crippen LogP contribution in [-0.4, -0.2) is 67.7 Å². The Balaban J connectivity index is 1.44. The number of hydrogen-bond donors (Lipinski definition) is 2. The van der Waals surface area contributed by atoms with E-state index in [1.54, 1.807) is 13.3 Å². The monoisotopic (exact) mass is 515 g/mol. The highest BCUT2D eigenvalue weighted by atomic mass is 16.7. The van der Waals surface area contributed by atoms with Crippen molar-refractivity contribution >= 4 is 34.7 Å². The summed E-state index contributed by atoms with van der Waals surface area (Å²) in [6.07, 6.45) is 3.82. The smallest absolute Gasteiger partial charge is 0.247 e. The molecule has 5 rings (SSSR count). The van der Waals surface area contributed by atoms with Crippen LogP contribution < -0.4 is 25.3 Å². The fraction of sp³-hybridized carbons (Fsp3) is 0.321. The van der Waals surface area contributed by atoms with Gasteiger partial charge >= 0.3 is 0 Å². The van der Waals surface area contributed by atoms with Crippen LogP contribution >= 0.6 is 0 Å². The molecule has 2 aromatic carbocycles. The molecule has 198 valence electrons. The molecule has 0 bridgehead atoms. The number of carbonyl (C=O) groups excluding carboxylic acids is 1. The first-order valence-corrected chi connectivity index (χ1v) is 12.7. The number of rotatable bonds is 8. The van der Waals surface area contributed by atoms with Crippen molar-refractivity contribution in [2.24, 2.45) is 0 Å². The Labute approximate surface area is 222 Å². The van der Waals surface area contributed by atoms with E-state index in [-0.39, 0.29) is 11.9 Å². The molecular formula is C28H33N7O3. The average Bonchev–Trinajstić information content (AvgIpc) is 3.45. The van der Waals surface area contributed by atoms with Gasteiger partial charge in [0, 0.05) is 50.9 Å². The van der Waals surface area contributed by atoms with Crippen LogP contribution in [0.2, 0.25) is 0 Å². The normalized spacial score (nSPS) is 17.8. The number of likely N-dealkylation sites (N-methyl/N-ethyl adjacent to an activating group) is 1. The topological polar surface area (TPSA) is 95.1 Å². The van der Waals surface area contributed by atoms with E-state index in [1.807, 2.05) is 41.5 Å². The summed E-state index contributed by atoms with van der Waals surface area (Å²) in [5, 5.41) is 8.07. The van der Waals surface area contributed by atoms with Gasteiger partial charge in [0.05, 0.1) is 36.8 Å². The van der Waals surface area contributed by atoms with E-state index < -0.39 is 0 Å². The van der Waals surface area contributed by atoms with Crippen LogP contribution in [0.25, 0.3) is 0 Å². The number of amides is 1. The van der Waals surface area contributed by atoms with E-state index in [0.717, 1.165) is 38.3 Å². The number of aromatic nitrogens is 2. The summed E-state index contributed by atoms with van der Waals surface area (Å²) >= 11 is 0. The van der Waals surface area contributed by atoms with Gasteiger partial charge in [-0.25, -0.2) is 10.0 Å². The first-order chi connectivity index (χ1) is 18.6. The number of methoxy groups -OCH3 is 1. The first kappa shape index (κ1) is 25.5. The van der Waals surface area contributed by atoms with Gasteiger partial charge in [-0.2, -0.15) is 4.98 Å². The van der Waals surface area contributed by atoms with Gasteiger partial charge in [0.1, 0.15) is 5.75 Å². The predicted molar refractivity (Wildman–Crippen MR) is 149 cm³/mol.